The Balaban J connectivity index is 4.44. The maximum Gasteiger partial charge on any atom is 0.306 e. The highest BCUT2D eigenvalue weighted by Gasteiger charge is 2.19. The second-order valence-electron chi connectivity index (χ2n) is 16.7. The maximum atomic E-state index is 12.8. The Morgan fingerprint density at radius 1 is 0.328 bits per heavy atom. The monoisotopic (exact) mass is 851 g/mol. The maximum absolute atomic E-state index is 12.8. The van der Waals surface area contributed by atoms with Crippen LogP contribution in [0.25, 0.3) is 0 Å². The van der Waals surface area contributed by atoms with E-state index < -0.39 is 6.10 Å². The third-order valence-corrected chi connectivity index (χ3v) is 10.7. The molecule has 0 aromatic carbocycles. The van der Waals surface area contributed by atoms with Gasteiger partial charge in [-0.05, 0) is 103 Å². The third-order valence-electron chi connectivity index (χ3n) is 10.7. The van der Waals surface area contributed by atoms with E-state index in [0.717, 1.165) is 57.8 Å². The molecule has 0 fully saturated rings. The topological polar surface area (TPSA) is 78.9 Å². The Morgan fingerprint density at radius 3 is 1.03 bits per heavy atom. The standard InChI is InChI=1S/C55H94O6/c1-4-7-10-13-16-19-21-23-25-27-29-31-33-36-39-42-45-48-54(57)60-51-52(50-59-53(56)47-44-41-38-35-18-15-12-9-6-3)61-55(58)49-46-43-40-37-34-32-30-28-26-24-22-20-17-14-11-8-5-2/h16,19,23-26,29,31,35-36,38-39,52H,4-15,17-18,20-22,27-28,30,32-34,37,40-51H2,1-3H3/b19-16-,25-23-,26-24-,31-29-,38-35-,39-36-. The molecule has 0 aliphatic carbocycles. The lowest BCUT2D eigenvalue weighted by Gasteiger charge is -2.18. The van der Waals surface area contributed by atoms with Crippen molar-refractivity contribution in [3.63, 3.8) is 0 Å². The molecule has 6 heteroatoms. The predicted octanol–water partition coefficient (Wildman–Crippen LogP) is 16.6. The third kappa shape index (κ3) is 47.7. The van der Waals surface area contributed by atoms with Crippen LogP contribution in [-0.4, -0.2) is 37.2 Å². The number of carbonyl (C=O) groups is 3. The highest BCUT2D eigenvalue weighted by atomic mass is 16.6. The van der Waals surface area contributed by atoms with E-state index in [2.05, 4.69) is 93.7 Å². The van der Waals surface area contributed by atoms with Crippen molar-refractivity contribution >= 4 is 17.9 Å². The lowest BCUT2D eigenvalue weighted by atomic mass is 10.1. The SMILES string of the molecule is CCCCC/C=C\C/C=C\C/C=C\C/C=C\CCCC(=O)OCC(COC(=O)CCC/C=C\CCCCCC)OC(=O)CCCCCCCCC/C=C\CCCCCCCC. The van der Waals surface area contributed by atoms with Gasteiger partial charge in [0.1, 0.15) is 13.2 Å². The van der Waals surface area contributed by atoms with Gasteiger partial charge in [-0.3, -0.25) is 14.4 Å². The molecule has 1 unspecified atom stereocenters. The predicted molar refractivity (Wildman–Crippen MR) is 261 cm³/mol. The van der Waals surface area contributed by atoms with Crippen molar-refractivity contribution in [2.24, 2.45) is 0 Å². The minimum Gasteiger partial charge on any atom is -0.462 e. The molecule has 0 spiro atoms. The van der Waals surface area contributed by atoms with E-state index in [-0.39, 0.29) is 37.5 Å². The molecule has 0 heterocycles. The Morgan fingerprint density at radius 2 is 0.607 bits per heavy atom. The number of carbonyl (C=O) groups excluding carboxylic acids is 3. The number of ether oxygens (including phenoxy) is 3. The smallest absolute Gasteiger partial charge is 0.306 e. The number of rotatable bonds is 45. The van der Waals surface area contributed by atoms with Crippen molar-refractivity contribution in [3.05, 3.63) is 72.9 Å². The summed E-state index contributed by atoms with van der Waals surface area (Å²) in [7, 11) is 0. The van der Waals surface area contributed by atoms with Crippen LogP contribution in [0, 0.1) is 0 Å². The molecule has 0 N–H and O–H groups in total. The Labute approximate surface area is 376 Å². The lowest BCUT2D eigenvalue weighted by Crippen LogP contribution is -2.30. The van der Waals surface area contributed by atoms with Crippen molar-refractivity contribution in [2.45, 2.75) is 245 Å². The molecule has 61 heavy (non-hydrogen) atoms. The van der Waals surface area contributed by atoms with Gasteiger partial charge in [0, 0.05) is 19.3 Å². The van der Waals surface area contributed by atoms with Gasteiger partial charge in [0.05, 0.1) is 0 Å². The summed E-state index contributed by atoms with van der Waals surface area (Å²) in [6.45, 7) is 6.49. The van der Waals surface area contributed by atoms with Gasteiger partial charge in [0.2, 0.25) is 0 Å². The molecule has 0 amide bonds. The van der Waals surface area contributed by atoms with E-state index in [1.165, 1.54) is 128 Å². The normalized spacial score (nSPS) is 12.6. The van der Waals surface area contributed by atoms with E-state index in [0.29, 0.717) is 25.7 Å². The Hall–Kier alpha value is -3.15. The van der Waals surface area contributed by atoms with Crippen molar-refractivity contribution in [1.29, 1.82) is 0 Å². The van der Waals surface area contributed by atoms with E-state index in [9.17, 15) is 14.4 Å². The Kier molecular flexibility index (Phi) is 46.9. The summed E-state index contributed by atoms with van der Waals surface area (Å²) in [6.07, 6.45) is 61.9. The molecule has 0 aliphatic rings. The van der Waals surface area contributed by atoms with Gasteiger partial charge in [0.25, 0.3) is 0 Å². The zero-order valence-corrected chi connectivity index (χ0v) is 39.9. The average Bonchev–Trinajstić information content (AvgIpc) is 3.26. The van der Waals surface area contributed by atoms with Crippen LogP contribution in [0.15, 0.2) is 72.9 Å². The number of hydrogen-bond acceptors (Lipinski definition) is 6. The van der Waals surface area contributed by atoms with Crippen LogP contribution >= 0.6 is 0 Å². The molecule has 0 bridgehead atoms. The number of esters is 3. The number of hydrogen-bond donors (Lipinski definition) is 0. The molecule has 0 aromatic rings. The zero-order valence-electron chi connectivity index (χ0n) is 39.9. The minimum absolute atomic E-state index is 0.110. The summed E-state index contributed by atoms with van der Waals surface area (Å²) in [5, 5.41) is 0. The lowest BCUT2D eigenvalue weighted by molar-refractivity contribution is -0.167. The van der Waals surface area contributed by atoms with Crippen molar-refractivity contribution < 1.29 is 28.6 Å². The van der Waals surface area contributed by atoms with Crippen LogP contribution < -0.4 is 0 Å². The van der Waals surface area contributed by atoms with Crippen LogP contribution in [0.3, 0.4) is 0 Å². The van der Waals surface area contributed by atoms with E-state index >= 15 is 0 Å². The molecule has 6 nitrogen and oxygen atoms in total. The van der Waals surface area contributed by atoms with Crippen molar-refractivity contribution in [2.75, 3.05) is 13.2 Å². The minimum atomic E-state index is -0.809. The van der Waals surface area contributed by atoms with E-state index in [4.69, 9.17) is 14.2 Å². The molecule has 0 aromatic heterocycles. The fourth-order valence-electron chi connectivity index (χ4n) is 6.78. The molecule has 0 rings (SSSR count). The highest BCUT2D eigenvalue weighted by molar-refractivity contribution is 5.71. The summed E-state index contributed by atoms with van der Waals surface area (Å²) in [5.41, 5.74) is 0. The second-order valence-corrected chi connectivity index (χ2v) is 16.7. The second kappa shape index (κ2) is 49.5. The van der Waals surface area contributed by atoms with Crippen molar-refractivity contribution in [3.8, 4) is 0 Å². The van der Waals surface area contributed by atoms with Gasteiger partial charge < -0.3 is 14.2 Å². The van der Waals surface area contributed by atoms with E-state index in [1.807, 2.05) is 0 Å². The summed E-state index contributed by atoms with van der Waals surface area (Å²) >= 11 is 0. The van der Waals surface area contributed by atoms with Gasteiger partial charge in [-0.2, -0.15) is 0 Å². The van der Waals surface area contributed by atoms with Gasteiger partial charge in [-0.1, -0.05) is 190 Å². The summed E-state index contributed by atoms with van der Waals surface area (Å²) in [5.74, 6) is -1.00. The molecular formula is C55H94O6. The Bertz CT molecular complexity index is 1160. The molecule has 1 atom stereocenters. The highest BCUT2D eigenvalue weighted by Crippen LogP contribution is 2.13. The number of allylic oxidation sites excluding steroid dienone is 12. The molecule has 0 aliphatic heterocycles. The first-order valence-corrected chi connectivity index (χ1v) is 25.4. The van der Waals surface area contributed by atoms with Crippen LogP contribution in [-0.2, 0) is 28.6 Å². The first-order chi connectivity index (χ1) is 30.0. The quantitative estimate of drug-likeness (QED) is 0.0263. The first-order valence-electron chi connectivity index (χ1n) is 25.4. The van der Waals surface area contributed by atoms with Crippen LogP contribution in [0.2, 0.25) is 0 Å². The molecule has 0 saturated carbocycles. The van der Waals surface area contributed by atoms with Gasteiger partial charge in [-0.15, -0.1) is 0 Å². The molecule has 0 radical (unpaired) electrons. The molecular weight excluding hydrogens is 757 g/mol. The van der Waals surface area contributed by atoms with Crippen LogP contribution in [0.4, 0.5) is 0 Å². The zero-order chi connectivity index (χ0) is 44.4. The van der Waals surface area contributed by atoms with E-state index in [1.54, 1.807) is 0 Å². The average molecular weight is 851 g/mol. The first kappa shape index (κ1) is 57.9. The summed E-state index contributed by atoms with van der Waals surface area (Å²) in [4.78, 5) is 37.8. The fourth-order valence-corrected chi connectivity index (χ4v) is 6.78. The molecule has 350 valence electrons. The van der Waals surface area contributed by atoms with Gasteiger partial charge in [0.15, 0.2) is 6.10 Å². The largest absolute Gasteiger partial charge is 0.462 e. The number of unbranched alkanes of at least 4 members (excludes halogenated alkanes) is 22. The summed E-state index contributed by atoms with van der Waals surface area (Å²) in [6, 6.07) is 0. The molecule has 0 saturated heterocycles. The summed E-state index contributed by atoms with van der Waals surface area (Å²) < 4.78 is 16.7. The van der Waals surface area contributed by atoms with Gasteiger partial charge >= 0.3 is 17.9 Å². The van der Waals surface area contributed by atoms with Crippen LogP contribution in [0.1, 0.15) is 239 Å². The fraction of sp³-hybridized carbons (Fsp3) is 0.727. The van der Waals surface area contributed by atoms with Gasteiger partial charge in [-0.25, -0.2) is 0 Å². The van der Waals surface area contributed by atoms with Crippen LogP contribution in [0.5, 0.6) is 0 Å². The van der Waals surface area contributed by atoms with Crippen molar-refractivity contribution in [1.82, 2.24) is 0 Å².